The number of rotatable bonds is 6. The molecule has 8 nitrogen and oxygen atoms in total. The SMILES string of the molecule is Cc1[nH]nc(C(=O)Cc2cnc3[nH]c(-c4cnc(NC5CC5)nc4)cc3c2)c1C. The summed E-state index contributed by atoms with van der Waals surface area (Å²) in [5.41, 5.74) is 5.72. The number of pyridine rings is 1. The number of hydrogen-bond acceptors (Lipinski definition) is 6. The number of carbonyl (C=O) groups excluding carboxylic acids is 1. The predicted molar refractivity (Wildman–Crippen MR) is 110 cm³/mol. The Bertz CT molecular complexity index is 1200. The van der Waals surface area contributed by atoms with Crippen LogP contribution in [0.5, 0.6) is 0 Å². The van der Waals surface area contributed by atoms with Crippen LogP contribution in [0.1, 0.15) is 40.2 Å². The van der Waals surface area contributed by atoms with Gasteiger partial charge in [-0.15, -0.1) is 0 Å². The molecule has 0 spiro atoms. The van der Waals surface area contributed by atoms with Gasteiger partial charge in [0.05, 0.1) is 5.69 Å². The van der Waals surface area contributed by atoms with Crippen LogP contribution in [0, 0.1) is 13.8 Å². The Hall–Kier alpha value is -3.55. The number of Topliss-reactive ketones (excluding diaryl/α,β-unsaturated/α-hetero) is 1. The lowest BCUT2D eigenvalue weighted by Gasteiger charge is -2.02. The Kier molecular flexibility index (Phi) is 4.12. The normalized spacial score (nSPS) is 13.7. The number of nitrogens with zero attached hydrogens (tertiary/aromatic N) is 4. The maximum Gasteiger partial charge on any atom is 0.222 e. The summed E-state index contributed by atoms with van der Waals surface area (Å²) >= 11 is 0. The first-order chi connectivity index (χ1) is 14.1. The van der Waals surface area contributed by atoms with Crippen LogP contribution in [-0.2, 0) is 6.42 Å². The molecule has 0 bridgehead atoms. The van der Waals surface area contributed by atoms with E-state index in [1.807, 2.05) is 26.0 Å². The van der Waals surface area contributed by atoms with Gasteiger partial charge in [0.15, 0.2) is 5.78 Å². The summed E-state index contributed by atoms with van der Waals surface area (Å²) in [4.78, 5) is 29.1. The smallest absolute Gasteiger partial charge is 0.222 e. The molecule has 8 heteroatoms. The fraction of sp³-hybridized carbons (Fsp3) is 0.286. The standard InChI is InChI=1S/C21H21N7O/c1-11-12(2)27-28-19(11)18(29)6-13-5-14-7-17(26-20(14)22-8-13)15-9-23-21(24-10-15)25-16-3-4-16/h5,7-10,16H,3-4,6H2,1-2H3,(H,22,26)(H,27,28)(H,23,24,25). The summed E-state index contributed by atoms with van der Waals surface area (Å²) in [6.45, 7) is 3.81. The van der Waals surface area contributed by atoms with Crippen LogP contribution in [-0.4, -0.2) is 42.0 Å². The minimum atomic E-state index is -0.0177. The highest BCUT2D eigenvalue weighted by molar-refractivity contribution is 5.97. The van der Waals surface area contributed by atoms with Gasteiger partial charge in [0.25, 0.3) is 0 Å². The Balaban J connectivity index is 1.36. The van der Waals surface area contributed by atoms with Crippen molar-refractivity contribution in [2.45, 2.75) is 39.2 Å². The third-order valence-electron chi connectivity index (χ3n) is 5.28. The highest BCUT2D eigenvalue weighted by atomic mass is 16.1. The van der Waals surface area contributed by atoms with Crippen molar-refractivity contribution in [3.63, 3.8) is 0 Å². The van der Waals surface area contributed by atoms with E-state index in [1.54, 1.807) is 18.6 Å². The second-order valence-corrected chi connectivity index (χ2v) is 7.60. The lowest BCUT2D eigenvalue weighted by atomic mass is 10.0. The predicted octanol–water partition coefficient (Wildman–Crippen LogP) is 3.36. The number of aryl methyl sites for hydroxylation is 1. The molecule has 4 heterocycles. The summed E-state index contributed by atoms with van der Waals surface area (Å²) in [5.74, 6) is 0.645. The molecule has 0 unspecified atom stereocenters. The summed E-state index contributed by atoms with van der Waals surface area (Å²) < 4.78 is 0. The van der Waals surface area contributed by atoms with E-state index >= 15 is 0 Å². The number of fused-ring (bicyclic) bond motifs is 1. The molecule has 1 aliphatic carbocycles. The minimum absolute atomic E-state index is 0.0177. The monoisotopic (exact) mass is 387 g/mol. The molecule has 3 N–H and O–H groups in total. The van der Waals surface area contributed by atoms with Gasteiger partial charge in [-0.05, 0) is 44.4 Å². The molecule has 146 valence electrons. The average molecular weight is 387 g/mol. The number of carbonyl (C=O) groups is 1. The number of ketones is 1. The van der Waals surface area contributed by atoms with Gasteiger partial charge in [-0.2, -0.15) is 5.10 Å². The van der Waals surface area contributed by atoms with E-state index in [1.165, 1.54) is 12.8 Å². The zero-order valence-electron chi connectivity index (χ0n) is 16.3. The third-order valence-corrected chi connectivity index (χ3v) is 5.28. The van der Waals surface area contributed by atoms with Crippen molar-refractivity contribution in [2.24, 2.45) is 0 Å². The summed E-state index contributed by atoms with van der Waals surface area (Å²) in [6, 6.07) is 4.51. The molecule has 0 atom stereocenters. The van der Waals surface area contributed by atoms with Crippen molar-refractivity contribution < 1.29 is 4.79 Å². The molecule has 0 aromatic carbocycles. The molecular formula is C21H21N7O. The van der Waals surface area contributed by atoms with Gasteiger partial charge in [0.1, 0.15) is 11.3 Å². The lowest BCUT2D eigenvalue weighted by Crippen LogP contribution is -2.06. The van der Waals surface area contributed by atoms with Crippen molar-refractivity contribution in [2.75, 3.05) is 5.32 Å². The van der Waals surface area contributed by atoms with Crippen LogP contribution in [0.3, 0.4) is 0 Å². The van der Waals surface area contributed by atoms with E-state index < -0.39 is 0 Å². The first-order valence-electron chi connectivity index (χ1n) is 9.68. The Morgan fingerprint density at radius 1 is 1.14 bits per heavy atom. The van der Waals surface area contributed by atoms with Crippen LogP contribution in [0.25, 0.3) is 22.3 Å². The molecule has 5 rings (SSSR count). The van der Waals surface area contributed by atoms with Gasteiger partial charge < -0.3 is 10.3 Å². The van der Waals surface area contributed by atoms with E-state index in [4.69, 9.17) is 0 Å². The topological polar surface area (TPSA) is 112 Å². The van der Waals surface area contributed by atoms with Crippen molar-refractivity contribution in [3.8, 4) is 11.3 Å². The fourth-order valence-electron chi connectivity index (χ4n) is 3.29. The summed E-state index contributed by atoms with van der Waals surface area (Å²) in [5, 5.41) is 11.2. The zero-order valence-corrected chi connectivity index (χ0v) is 16.3. The quantitative estimate of drug-likeness (QED) is 0.437. The van der Waals surface area contributed by atoms with Crippen LogP contribution in [0.15, 0.2) is 30.7 Å². The number of anilines is 1. The van der Waals surface area contributed by atoms with Crippen molar-refractivity contribution in [3.05, 3.63) is 53.2 Å². The van der Waals surface area contributed by atoms with Gasteiger partial charge in [-0.25, -0.2) is 15.0 Å². The van der Waals surface area contributed by atoms with E-state index in [2.05, 4.69) is 35.5 Å². The molecule has 0 radical (unpaired) electrons. The van der Waals surface area contributed by atoms with Crippen LogP contribution in [0.2, 0.25) is 0 Å². The number of H-pyrrole nitrogens is 2. The molecule has 0 aliphatic heterocycles. The fourth-order valence-corrected chi connectivity index (χ4v) is 3.29. The second-order valence-electron chi connectivity index (χ2n) is 7.60. The lowest BCUT2D eigenvalue weighted by molar-refractivity contribution is 0.0987. The number of hydrogen-bond donors (Lipinski definition) is 3. The van der Waals surface area contributed by atoms with E-state index in [0.717, 1.165) is 39.1 Å². The van der Waals surface area contributed by atoms with Gasteiger partial charge in [-0.1, -0.05) is 0 Å². The highest BCUT2D eigenvalue weighted by Crippen LogP contribution is 2.25. The van der Waals surface area contributed by atoms with Gasteiger partial charge in [-0.3, -0.25) is 9.89 Å². The van der Waals surface area contributed by atoms with E-state index in [0.29, 0.717) is 17.7 Å². The van der Waals surface area contributed by atoms with Crippen LogP contribution >= 0.6 is 0 Å². The summed E-state index contributed by atoms with van der Waals surface area (Å²) in [7, 11) is 0. The van der Waals surface area contributed by atoms with Crippen molar-refractivity contribution >= 4 is 22.8 Å². The number of aromatic nitrogens is 6. The van der Waals surface area contributed by atoms with Gasteiger partial charge >= 0.3 is 0 Å². The average Bonchev–Trinajstić information content (AvgIpc) is 3.33. The van der Waals surface area contributed by atoms with Crippen LogP contribution in [0.4, 0.5) is 5.95 Å². The molecule has 1 fully saturated rings. The summed E-state index contributed by atoms with van der Waals surface area (Å²) in [6.07, 6.45) is 7.96. The van der Waals surface area contributed by atoms with Gasteiger partial charge in [0.2, 0.25) is 5.95 Å². The molecule has 1 saturated carbocycles. The Morgan fingerprint density at radius 3 is 2.62 bits per heavy atom. The third kappa shape index (κ3) is 3.49. The van der Waals surface area contributed by atoms with Crippen LogP contribution < -0.4 is 5.32 Å². The molecule has 1 aliphatic rings. The number of nitrogens with one attached hydrogen (secondary N) is 3. The van der Waals surface area contributed by atoms with Crippen molar-refractivity contribution in [1.82, 2.24) is 30.1 Å². The molecule has 29 heavy (non-hydrogen) atoms. The van der Waals surface area contributed by atoms with E-state index in [-0.39, 0.29) is 12.2 Å². The second kappa shape index (κ2) is 6.80. The Morgan fingerprint density at radius 2 is 1.93 bits per heavy atom. The molecule has 0 amide bonds. The molecular weight excluding hydrogens is 366 g/mol. The maximum atomic E-state index is 12.6. The number of aromatic amines is 2. The van der Waals surface area contributed by atoms with Gasteiger partial charge in [0, 0.05) is 53.3 Å². The molecule has 4 aromatic heterocycles. The molecule has 4 aromatic rings. The zero-order chi connectivity index (χ0) is 20.0. The van der Waals surface area contributed by atoms with Crippen molar-refractivity contribution in [1.29, 1.82) is 0 Å². The first-order valence-corrected chi connectivity index (χ1v) is 9.68. The largest absolute Gasteiger partial charge is 0.351 e. The Labute approximate surface area is 167 Å². The first kappa shape index (κ1) is 17.5. The van der Waals surface area contributed by atoms with E-state index in [9.17, 15) is 4.79 Å². The molecule has 0 saturated heterocycles. The maximum absolute atomic E-state index is 12.6. The highest BCUT2D eigenvalue weighted by Gasteiger charge is 2.21. The minimum Gasteiger partial charge on any atom is -0.351 e.